The van der Waals surface area contributed by atoms with Gasteiger partial charge in [0.1, 0.15) is 11.9 Å². The molecule has 1 aromatic carbocycles. The molecule has 7 nitrogen and oxygen atoms in total. The molecule has 1 unspecified atom stereocenters. The van der Waals surface area contributed by atoms with Gasteiger partial charge in [0.15, 0.2) is 11.4 Å². The molecule has 2 N–H and O–H groups in total. The number of ether oxygens (including phenoxy) is 2. The second kappa shape index (κ2) is 6.64. The van der Waals surface area contributed by atoms with Crippen molar-refractivity contribution in [2.24, 2.45) is 0 Å². The predicted molar refractivity (Wildman–Crippen MR) is 88.1 cm³/mol. The lowest BCUT2D eigenvalue weighted by atomic mass is 9.96. The number of amides is 1. The molecule has 0 spiro atoms. The van der Waals surface area contributed by atoms with Gasteiger partial charge in [-0.05, 0) is 17.7 Å². The maximum Gasteiger partial charge on any atom is 0.299 e. The Morgan fingerprint density at radius 3 is 2.62 bits per heavy atom. The van der Waals surface area contributed by atoms with Crippen LogP contribution in [-0.4, -0.2) is 39.1 Å². The molecule has 1 amide bonds. The highest BCUT2D eigenvalue weighted by atomic mass is 19.1. The van der Waals surface area contributed by atoms with Crippen molar-refractivity contribution < 1.29 is 29.0 Å². The maximum atomic E-state index is 13.1. The van der Waals surface area contributed by atoms with E-state index in [2.05, 4.69) is 4.98 Å². The van der Waals surface area contributed by atoms with Gasteiger partial charge in [-0.1, -0.05) is 12.1 Å². The monoisotopic (exact) mass is 362 g/mol. The topological polar surface area (TPSA) is 92.1 Å². The minimum absolute atomic E-state index is 0.0772. The molecule has 0 saturated heterocycles. The van der Waals surface area contributed by atoms with Gasteiger partial charge in [-0.2, -0.15) is 0 Å². The van der Waals surface area contributed by atoms with Crippen LogP contribution in [0, 0.1) is 5.82 Å². The van der Waals surface area contributed by atoms with Crippen LogP contribution in [0.2, 0.25) is 0 Å². The number of rotatable bonds is 3. The quantitative estimate of drug-likeness (QED) is 0.644. The molecule has 0 fully saturated rings. The van der Waals surface area contributed by atoms with Crippen LogP contribution < -0.4 is 4.74 Å². The van der Waals surface area contributed by atoms with E-state index in [0.29, 0.717) is 21.8 Å². The number of carbonyl (C=O) groups excluding carboxylic acids is 1. The molecule has 0 radical (unpaired) electrons. The van der Waals surface area contributed by atoms with Gasteiger partial charge in [-0.15, -0.1) is 0 Å². The zero-order chi connectivity index (χ0) is 19.1. The van der Waals surface area contributed by atoms with Crippen LogP contribution in [0.1, 0.15) is 47.1 Å². The summed E-state index contributed by atoms with van der Waals surface area (Å²) in [4.78, 5) is 16.3. The molecule has 3 rings (SSSR count). The van der Waals surface area contributed by atoms with Crippen molar-refractivity contribution in [3.63, 3.8) is 0 Å². The van der Waals surface area contributed by atoms with Crippen molar-refractivity contribution in [1.29, 1.82) is 0 Å². The molecule has 2 heterocycles. The SMILES string of the molecule is CN(O)C(=O)c1ncc(C(O)c2ccc(F)cc2)c2c1OC(C)(C)OC2. The molecular weight excluding hydrogens is 343 g/mol. The van der Waals surface area contributed by atoms with E-state index in [1.54, 1.807) is 13.8 Å². The van der Waals surface area contributed by atoms with Crippen LogP contribution in [0.25, 0.3) is 0 Å². The van der Waals surface area contributed by atoms with Crippen molar-refractivity contribution in [3.05, 3.63) is 58.7 Å². The first kappa shape index (κ1) is 18.2. The number of nitrogens with zero attached hydrogens (tertiary/aromatic N) is 2. The zero-order valence-electron chi connectivity index (χ0n) is 14.6. The van der Waals surface area contributed by atoms with E-state index < -0.39 is 23.6 Å². The van der Waals surface area contributed by atoms with Gasteiger partial charge < -0.3 is 14.6 Å². The number of aromatic nitrogens is 1. The fourth-order valence-corrected chi connectivity index (χ4v) is 2.69. The Balaban J connectivity index is 2.10. The molecule has 0 saturated carbocycles. The normalized spacial score (nSPS) is 16.4. The van der Waals surface area contributed by atoms with Gasteiger partial charge in [0.05, 0.1) is 6.61 Å². The van der Waals surface area contributed by atoms with E-state index in [9.17, 15) is 19.5 Å². The lowest BCUT2D eigenvalue weighted by molar-refractivity contribution is -0.181. The fourth-order valence-electron chi connectivity index (χ4n) is 2.69. The molecule has 1 aliphatic heterocycles. The summed E-state index contributed by atoms with van der Waals surface area (Å²) in [5, 5.41) is 20.6. The van der Waals surface area contributed by atoms with Crippen LogP contribution in [0.5, 0.6) is 5.75 Å². The highest BCUT2D eigenvalue weighted by molar-refractivity contribution is 5.94. The Kier molecular flexibility index (Phi) is 4.66. The molecular formula is C18H19FN2O5. The molecule has 1 aromatic heterocycles. The molecule has 0 aliphatic carbocycles. The Labute approximate surface area is 149 Å². The summed E-state index contributed by atoms with van der Waals surface area (Å²) in [6.45, 7) is 3.43. The number of carbonyl (C=O) groups is 1. The predicted octanol–water partition coefficient (Wildman–Crippen LogP) is 2.41. The summed E-state index contributed by atoms with van der Waals surface area (Å²) in [6, 6.07) is 5.41. The summed E-state index contributed by atoms with van der Waals surface area (Å²) in [5.74, 6) is -2.02. The minimum atomic E-state index is -1.11. The van der Waals surface area contributed by atoms with Gasteiger partial charge in [0.25, 0.3) is 5.91 Å². The summed E-state index contributed by atoms with van der Waals surface area (Å²) < 4.78 is 24.5. The van der Waals surface area contributed by atoms with E-state index >= 15 is 0 Å². The highest BCUT2D eigenvalue weighted by Crippen LogP contribution is 2.39. The number of benzene rings is 1. The Morgan fingerprint density at radius 2 is 2.00 bits per heavy atom. The van der Waals surface area contributed by atoms with E-state index in [4.69, 9.17) is 9.47 Å². The minimum Gasteiger partial charge on any atom is -0.460 e. The molecule has 26 heavy (non-hydrogen) atoms. The van der Waals surface area contributed by atoms with Gasteiger partial charge >= 0.3 is 0 Å². The lowest BCUT2D eigenvalue weighted by Gasteiger charge is -2.34. The fraction of sp³-hybridized carbons (Fsp3) is 0.333. The van der Waals surface area contributed by atoms with Crippen molar-refractivity contribution in [2.45, 2.75) is 32.3 Å². The first-order chi connectivity index (χ1) is 12.2. The molecule has 2 aromatic rings. The van der Waals surface area contributed by atoms with Crippen molar-refractivity contribution >= 4 is 5.91 Å². The smallest absolute Gasteiger partial charge is 0.299 e. The Morgan fingerprint density at radius 1 is 1.35 bits per heavy atom. The van der Waals surface area contributed by atoms with Crippen molar-refractivity contribution in [2.75, 3.05) is 7.05 Å². The maximum absolute atomic E-state index is 13.1. The van der Waals surface area contributed by atoms with Gasteiger partial charge in [-0.25, -0.2) is 14.4 Å². The van der Waals surface area contributed by atoms with Crippen LogP contribution in [0.3, 0.4) is 0 Å². The number of aliphatic hydroxyl groups is 1. The first-order valence-corrected chi connectivity index (χ1v) is 7.95. The summed E-state index contributed by atoms with van der Waals surface area (Å²) >= 11 is 0. The van der Waals surface area contributed by atoms with Crippen LogP contribution in [-0.2, 0) is 11.3 Å². The average molecular weight is 362 g/mol. The summed E-state index contributed by atoms with van der Waals surface area (Å²) in [6.07, 6.45) is 0.218. The largest absolute Gasteiger partial charge is 0.460 e. The Hall–Kier alpha value is -2.55. The van der Waals surface area contributed by atoms with E-state index in [1.807, 2.05) is 0 Å². The van der Waals surface area contributed by atoms with Crippen molar-refractivity contribution in [3.8, 4) is 5.75 Å². The van der Waals surface area contributed by atoms with Crippen LogP contribution in [0.4, 0.5) is 4.39 Å². The van der Waals surface area contributed by atoms with E-state index in [0.717, 1.165) is 0 Å². The van der Waals surface area contributed by atoms with E-state index in [-0.39, 0.29) is 18.1 Å². The number of hydroxylamine groups is 2. The molecule has 1 aliphatic rings. The summed E-state index contributed by atoms with van der Waals surface area (Å²) in [5.41, 5.74) is 1.19. The highest BCUT2D eigenvalue weighted by Gasteiger charge is 2.35. The molecule has 138 valence electrons. The number of hydrogen-bond donors (Lipinski definition) is 2. The van der Waals surface area contributed by atoms with Crippen LogP contribution >= 0.6 is 0 Å². The second-order valence-corrected chi connectivity index (χ2v) is 6.44. The molecule has 8 heteroatoms. The summed E-state index contributed by atoms with van der Waals surface area (Å²) in [7, 11) is 1.18. The van der Waals surface area contributed by atoms with Gasteiger partial charge in [0.2, 0.25) is 5.79 Å². The van der Waals surface area contributed by atoms with Crippen LogP contribution in [0.15, 0.2) is 30.5 Å². The third-order valence-electron chi connectivity index (χ3n) is 4.06. The molecule has 1 atom stereocenters. The van der Waals surface area contributed by atoms with Crippen molar-refractivity contribution in [1.82, 2.24) is 10.0 Å². The third kappa shape index (κ3) is 3.39. The number of halogens is 1. The average Bonchev–Trinajstić information content (AvgIpc) is 2.59. The second-order valence-electron chi connectivity index (χ2n) is 6.44. The molecule has 0 bridgehead atoms. The third-order valence-corrected chi connectivity index (χ3v) is 4.06. The van der Waals surface area contributed by atoms with E-state index in [1.165, 1.54) is 37.5 Å². The number of hydrogen-bond acceptors (Lipinski definition) is 6. The number of fused-ring (bicyclic) bond motifs is 1. The lowest BCUT2D eigenvalue weighted by Crippen LogP contribution is -2.38. The van der Waals surface area contributed by atoms with Gasteiger partial charge in [0, 0.05) is 38.2 Å². The number of aliphatic hydroxyl groups excluding tert-OH is 1. The first-order valence-electron chi connectivity index (χ1n) is 7.95. The standard InChI is InChI=1S/C18H19FN2O5/c1-18(2)25-9-13-12(15(22)10-4-6-11(19)7-5-10)8-20-14(16(13)26-18)17(23)21(3)24/h4-8,15,22,24H,9H2,1-3H3. The Bertz CT molecular complexity index is 836. The number of pyridine rings is 1. The van der Waals surface area contributed by atoms with Gasteiger partial charge in [-0.3, -0.25) is 10.0 Å². The zero-order valence-corrected chi connectivity index (χ0v) is 14.6.